The van der Waals surface area contributed by atoms with Crippen LogP contribution in [0.2, 0.25) is 0 Å². The van der Waals surface area contributed by atoms with Crippen LogP contribution in [-0.4, -0.2) is 45.4 Å². The lowest BCUT2D eigenvalue weighted by Crippen LogP contribution is -2.42. The number of halogens is 2. The highest BCUT2D eigenvalue weighted by Gasteiger charge is 2.28. The molecule has 1 saturated heterocycles. The van der Waals surface area contributed by atoms with Crippen molar-refractivity contribution < 1.29 is 9.59 Å². The minimum Gasteiger partial charge on any atom is -0.352 e. The summed E-state index contributed by atoms with van der Waals surface area (Å²) in [6.45, 7) is 4.90. The Balaban J connectivity index is 0.00000210. The van der Waals surface area contributed by atoms with Crippen molar-refractivity contribution in [3.63, 3.8) is 0 Å². The van der Waals surface area contributed by atoms with Gasteiger partial charge in [0.25, 0.3) is 0 Å². The van der Waals surface area contributed by atoms with Crippen LogP contribution in [0.3, 0.4) is 0 Å². The monoisotopic (exact) mass is 441 g/mol. The molecule has 3 N–H and O–H groups in total. The summed E-state index contributed by atoms with van der Waals surface area (Å²) < 4.78 is 2.01. The molecule has 2 atom stereocenters. The van der Waals surface area contributed by atoms with Crippen molar-refractivity contribution >= 4 is 36.6 Å². The molecule has 0 saturated carbocycles. The molecule has 2 heterocycles. The van der Waals surface area contributed by atoms with Crippen LogP contribution in [0.15, 0.2) is 36.7 Å². The molecule has 3 rings (SSSR count). The number of aromatic nitrogens is 2. The number of nitrogens with zero attached hydrogens (tertiary/aromatic N) is 3. The van der Waals surface area contributed by atoms with Crippen molar-refractivity contribution in [3.05, 3.63) is 48.0 Å². The molecule has 1 fully saturated rings. The molecule has 0 aliphatic carbocycles. The summed E-state index contributed by atoms with van der Waals surface area (Å²) in [5.74, 6) is 0.661. The average Bonchev–Trinajstić information content (AvgIpc) is 2.97. The molecule has 1 aliphatic heterocycles. The summed E-state index contributed by atoms with van der Waals surface area (Å²) in [6, 6.07) is 7.96. The fourth-order valence-corrected chi connectivity index (χ4v) is 3.45. The number of likely N-dealkylation sites (tertiary alicyclic amines) is 1. The molecule has 0 unspecified atom stereocenters. The van der Waals surface area contributed by atoms with Gasteiger partial charge in [0.1, 0.15) is 5.82 Å². The van der Waals surface area contributed by atoms with Crippen molar-refractivity contribution in [2.75, 3.05) is 13.1 Å². The second-order valence-electron chi connectivity index (χ2n) is 7.19. The van der Waals surface area contributed by atoms with E-state index in [1.54, 1.807) is 11.1 Å². The minimum atomic E-state index is -0.213. The predicted molar refractivity (Wildman–Crippen MR) is 118 cm³/mol. The molecular formula is C20H29Cl2N5O2. The number of nitrogens with two attached hydrogens (primary N) is 1. The Morgan fingerprint density at radius 1 is 1.17 bits per heavy atom. The maximum absolute atomic E-state index is 12.6. The van der Waals surface area contributed by atoms with Crippen molar-refractivity contribution in [2.45, 2.75) is 39.3 Å². The molecule has 1 aromatic carbocycles. The first kappa shape index (κ1) is 24.9. The summed E-state index contributed by atoms with van der Waals surface area (Å²) in [5, 5.41) is 3.00. The highest BCUT2D eigenvalue weighted by atomic mass is 35.5. The van der Waals surface area contributed by atoms with Gasteiger partial charge in [-0.1, -0.05) is 12.1 Å². The van der Waals surface area contributed by atoms with E-state index in [-0.39, 0.29) is 48.6 Å². The topological polar surface area (TPSA) is 93.2 Å². The van der Waals surface area contributed by atoms with Crippen molar-refractivity contribution in [2.24, 2.45) is 11.7 Å². The van der Waals surface area contributed by atoms with E-state index in [4.69, 9.17) is 5.73 Å². The second-order valence-corrected chi connectivity index (χ2v) is 7.19. The summed E-state index contributed by atoms with van der Waals surface area (Å²) >= 11 is 0. The molecule has 0 radical (unpaired) electrons. The van der Waals surface area contributed by atoms with Gasteiger partial charge in [-0.2, -0.15) is 0 Å². The Labute approximate surface area is 183 Å². The SMILES string of the molecule is CC(=O)N1C[C@@H](N)CC[C@@H](C(=O)NCc2ccc(-n3ccnc3C)cc2)C1.Cl.Cl. The molecule has 9 heteroatoms. The zero-order chi connectivity index (χ0) is 19.4. The van der Waals surface area contributed by atoms with Crippen molar-refractivity contribution in [1.29, 1.82) is 0 Å². The van der Waals surface area contributed by atoms with Crippen LogP contribution in [0.25, 0.3) is 5.69 Å². The molecule has 2 aromatic rings. The molecule has 1 aliphatic rings. The Bertz CT molecular complexity index is 809. The molecule has 0 spiro atoms. The summed E-state index contributed by atoms with van der Waals surface area (Å²) in [7, 11) is 0. The third kappa shape index (κ3) is 6.45. The highest BCUT2D eigenvalue weighted by molar-refractivity contribution is 5.85. The van der Waals surface area contributed by atoms with Crippen LogP contribution >= 0.6 is 24.8 Å². The van der Waals surface area contributed by atoms with Gasteiger partial charge in [-0.05, 0) is 37.5 Å². The van der Waals surface area contributed by atoms with E-state index < -0.39 is 0 Å². The van der Waals surface area contributed by atoms with Crippen molar-refractivity contribution in [1.82, 2.24) is 19.8 Å². The number of benzene rings is 1. The molecule has 29 heavy (non-hydrogen) atoms. The Hall–Kier alpha value is -2.09. The number of aryl methyl sites for hydroxylation is 1. The lowest BCUT2D eigenvalue weighted by Gasteiger charge is -2.23. The maximum Gasteiger partial charge on any atom is 0.225 e. The van der Waals surface area contributed by atoms with Crippen LogP contribution in [0.1, 0.15) is 31.2 Å². The molecule has 0 bridgehead atoms. The van der Waals surface area contributed by atoms with Gasteiger partial charge in [-0.3, -0.25) is 9.59 Å². The van der Waals surface area contributed by atoms with E-state index in [0.29, 0.717) is 26.1 Å². The highest BCUT2D eigenvalue weighted by Crippen LogP contribution is 2.17. The summed E-state index contributed by atoms with van der Waals surface area (Å²) in [6.07, 6.45) is 5.15. The zero-order valence-electron chi connectivity index (χ0n) is 16.7. The number of amides is 2. The van der Waals surface area contributed by atoms with Gasteiger partial charge in [0, 0.05) is 50.7 Å². The van der Waals surface area contributed by atoms with Crippen LogP contribution in [0.5, 0.6) is 0 Å². The Kier molecular flexibility index (Phi) is 9.62. The number of carbonyl (C=O) groups is 2. The normalized spacial score (nSPS) is 18.8. The van der Waals surface area contributed by atoms with Gasteiger partial charge in [0.2, 0.25) is 11.8 Å². The lowest BCUT2D eigenvalue weighted by atomic mass is 10.0. The minimum absolute atomic E-state index is 0. The quantitative estimate of drug-likeness (QED) is 0.760. The standard InChI is InChI=1S/C20H27N5O2.2ClH/c1-14-22-9-10-25(14)19-7-3-16(4-8-19)11-23-20(27)17-5-6-18(21)13-24(12-17)15(2)26;;/h3-4,7-10,17-18H,5-6,11-13,21H2,1-2H3,(H,23,27);2*1H/t17-,18+;;/m1../s1. The third-order valence-electron chi connectivity index (χ3n) is 5.10. The fourth-order valence-electron chi connectivity index (χ4n) is 3.45. The van der Waals surface area contributed by atoms with E-state index >= 15 is 0 Å². The third-order valence-corrected chi connectivity index (χ3v) is 5.10. The van der Waals surface area contributed by atoms with Crippen LogP contribution < -0.4 is 11.1 Å². The molecular weight excluding hydrogens is 413 g/mol. The summed E-state index contributed by atoms with van der Waals surface area (Å²) in [5.41, 5.74) is 8.09. The lowest BCUT2D eigenvalue weighted by molar-refractivity contribution is -0.131. The van der Waals surface area contributed by atoms with Gasteiger partial charge >= 0.3 is 0 Å². The summed E-state index contributed by atoms with van der Waals surface area (Å²) in [4.78, 5) is 30.2. The van der Waals surface area contributed by atoms with Crippen LogP contribution in [0.4, 0.5) is 0 Å². The molecule has 1 aromatic heterocycles. The van der Waals surface area contributed by atoms with E-state index in [1.807, 2.05) is 42.0 Å². The number of hydrogen-bond acceptors (Lipinski definition) is 4. The molecule has 2 amide bonds. The zero-order valence-corrected chi connectivity index (χ0v) is 18.3. The predicted octanol–water partition coefficient (Wildman–Crippen LogP) is 2.23. The first-order valence-electron chi connectivity index (χ1n) is 9.32. The average molecular weight is 442 g/mol. The number of carbonyl (C=O) groups excluding carboxylic acids is 2. The molecule has 7 nitrogen and oxygen atoms in total. The van der Waals surface area contributed by atoms with Gasteiger partial charge in [-0.25, -0.2) is 4.98 Å². The van der Waals surface area contributed by atoms with Crippen molar-refractivity contribution in [3.8, 4) is 5.69 Å². The largest absolute Gasteiger partial charge is 0.352 e. The van der Waals surface area contributed by atoms with Crippen LogP contribution in [-0.2, 0) is 16.1 Å². The van der Waals surface area contributed by atoms with E-state index in [9.17, 15) is 9.59 Å². The number of rotatable bonds is 4. The maximum atomic E-state index is 12.6. The van der Waals surface area contributed by atoms with Gasteiger partial charge in [0.05, 0.1) is 5.92 Å². The van der Waals surface area contributed by atoms with E-state index in [1.165, 1.54) is 6.92 Å². The smallest absolute Gasteiger partial charge is 0.225 e. The van der Waals surface area contributed by atoms with Gasteiger partial charge < -0.3 is 20.5 Å². The van der Waals surface area contributed by atoms with E-state index in [0.717, 1.165) is 23.5 Å². The number of imidazole rings is 1. The number of nitrogens with one attached hydrogen (secondary N) is 1. The Morgan fingerprint density at radius 2 is 1.86 bits per heavy atom. The van der Waals surface area contributed by atoms with E-state index in [2.05, 4.69) is 10.3 Å². The fraction of sp³-hybridized carbons (Fsp3) is 0.450. The van der Waals surface area contributed by atoms with Crippen LogP contribution in [0, 0.1) is 12.8 Å². The molecule has 160 valence electrons. The second kappa shape index (κ2) is 11.2. The number of hydrogen-bond donors (Lipinski definition) is 2. The first-order valence-corrected chi connectivity index (χ1v) is 9.32. The Morgan fingerprint density at radius 3 is 2.45 bits per heavy atom. The van der Waals surface area contributed by atoms with Gasteiger partial charge in [0.15, 0.2) is 0 Å². The van der Waals surface area contributed by atoms with Gasteiger partial charge in [-0.15, -0.1) is 24.8 Å². The first-order chi connectivity index (χ1) is 12.9.